The third kappa shape index (κ3) is 3.12. The summed E-state index contributed by atoms with van der Waals surface area (Å²) in [5, 5.41) is 6.36. The summed E-state index contributed by atoms with van der Waals surface area (Å²) in [6.07, 6.45) is 5.29. The van der Waals surface area contributed by atoms with E-state index in [4.69, 9.17) is 0 Å². The van der Waals surface area contributed by atoms with Gasteiger partial charge in [-0.2, -0.15) is 0 Å². The fourth-order valence-corrected chi connectivity index (χ4v) is 5.37. The highest BCUT2D eigenvalue weighted by Crippen LogP contribution is 2.37. The highest BCUT2D eigenvalue weighted by molar-refractivity contribution is 7.17. The number of anilines is 1. The Labute approximate surface area is 159 Å². The molecule has 134 valence electrons. The maximum absolute atomic E-state index is 12.8. The van der Waals surface area contributed by atoms with Crippen LogP contribution < -0.4 is 10.6 Å². The summed E-state index contributed by atoms with van der Waals surface area (Å²) in [5.74, 6) is -0.320. The first-order chi connectivity index (χ1) is 12.7. The number of fused-ring (bicyclic) bond motifs is 2. The summed E-state index contributed by atoms with van der Waals surface area (Å²) >= 11 is 3.05. The molecule has 4 rings (SSSR count). The molecule has 1 aliphatic rings. The number of carbonyl (C=O) groups excluding carboxylic acids is 2. The second kappa shape index (κ2) is 7.17. The number of aromatic nitrogens is 1. The van der Waals surface area contributed by atoms with E-state index in [0.29, 0.717) is 16.1 Å². The topological polar surface area (TPSA) is 71.1 Å². The molecule has 0 radical (unpaired) electrons. The van der Waals surface area contributed by atoms with Crippen LogP contribution in [-0.4, -0.2) is 23.8 Å². The maximum Gasteiger partial charge on any atom is 0.256 e. The van der Waals surface area contributed by atoms with Gasteiger partial charge in [-0.05, 0) is 49.4 Å². The van der Waals surface area contributed by atoms with Crippen molar-refractivity contribution in [2.75, 3.05) is 12.4 Å². The molecule has 1 aliphatic carbocycles. The van der Waals surface area contributed by atoms with Crippen molar-refractivity contribution in [3.63, 3.8) is 0 Å². The molecule has 0 aliphatic heterocycles. The summed E-state index contributed by atoms with van der Waals surface area (Å²) in [6, 6.07) is 5.47. The van der Waals surface area contributed by atoms with Crippen molar-refractivity contribution in [3.8, 4) is 0 Å². The number of carbonyl (C=O) groups is 2. The van der Waals surface area contributed by atoms with Gasteiger partial charge in [0.25, 0.3) is 11.8 Å². The Morgan fingerprint density at radius 1 is 1.12 bits per heavy atom. The number of hydrogen-bond donors (Lipinski definition) is 2. The lowest BCUT2D eigenvalue weighted by atomic mass is 10.0. The van der Waals surface area contributed by atoms with Gasteiger partial charge in [-0.25, -0.2) is 4.98 Å². The Morgan fingerprint density at radius 3 is 2.81 bits per heavy atom. The van der Waals surface area contributed by atoms with E-state index in [1.165, 1.54) is 22.6 Å². The molecule has 0 bridgehead atoms. The highest BCUT2D eigenvalue weighted by atomic mass is 32.1. The van der Waals surface area contributed by atoms with E-state index >= 15 is 0 Å². The number of nitrogens with one attached hydrogen (secondary N) is 2. The molecule has 2 N–H and O–H groups in total. The first-order valence-corrected chi connectivity index (χ1v) is 10.4. The first-order valence-electron chi connectivity index (χ1n) is 8.68. The average Bonchev–Trinajstić information content (AvgIpc) is 3.18. The molecule has 0 saturated heterocycles. The summed E-state index contributed by atoms with van der Waals surface area (Å²) in [7, 11) is 1.63. The summed E-state index contributed by atoms with van der Waals surface area (Å²) in [4.78, 5) is 30.7. The van der Waals surface area contributed by atoms with Crippen LogP contribution in [0.1, 0.15) is 50.4 Å². The molecule has 7 heteroatoms. The first kappa shape index (κ1) is 17.2. The van der Waals surface area contributed by atoms with Gasteiger partial charge in [0.1, 0.15) is 5.00 Å². The SMILES string of the molecule is CNC(=O)c1c(NC(=O)c2ccc3ncsc3c2)sc2c1CCCCC2. The van der Waals surface area contributed by atoms with Crippen LogP contribution in [0.3, 0.4) is 0 Å². The van der Waals surface area contributed by atoms with Crippen molar-refractivity contribution in [1.29, 1.82) is 0 Å². The van der Waals surface area contributed by atoms with Crippen molar-refractivity contribution in [2.24, 2.45) is 0 Å². The molecule has 1 aromatic carbocycles. The van der Waals surface area contributed by atoms with E-state index in [9.17, 15) is 9.59 Å². The summed E-state index contributed by atoms with van der Waals surface area (Å²) in [5.41, 5.74) is 4.99. The molecule has 5 nitrogen and oxygen atoms in total. The lowest BCUT2D eigenvalue weighted by Gasteiger charge is -2.08. The largest absolute Gasteiger partial charge is 0.355 e. The van der Waals surface area contributed by atoms with Crippen LogP contribution in [0.4, 0.5) is 5.00 Å². The summed E-state index contributed by atoms with van der Waals surface area (Å²) < 4.78 is 0.978. The van der Waals surface area contributed by atoms with Crippen molar-refractivity contribution in [2.45, 2.75) is 32.1 Å². The normalized spacial score (nSPS) is 13.9. The minimum absolute atomic E-state index is 0.127. The number of aryl methyl sites for hydroxylation is 1. The molecule has 26 heavy (non-hydrogen) atoms. The van der Waals surface area contributed by atoms with Gasteiger partial charge in [0, 0.05) is 17.5 Å². The Morgan fingerprint density at radius 2 is 1.96 bits per heavy atom. The quantitative estimate of drug-likeness (QED) is 0.663. The average molecular weight is 386 g/mol. The maximum atomic E-state index is 12.8. The van der Waals surface area contributed by atoms with Crippen LogP contribution >= 0.6 is 22.7 Å². The van der Waals surface area contributed by atoms with Gasteiger partial charge in [-0.1, -0.05) is 6.42 Å². The van der Waals surface area contributed by atoms with Gasteiger partial charge in [0.2, 0.25) is 0 Å². The van der Waals surface area contributed by atoms with Crippen LogP contribution in [0.25, 0.3) is 10.2 Å². The molecule has 2 heterocycles. The Balaban J connectivity index is 1.68. The van der Waals surface area contributed by atoms with Gasteiger partial charge in [0.05, 0.1) is 21.3 Å². The zero-order valence-electron chi connectivity index (χ0n) is 14.4. The highest BCUT2D eigenvalue weighted by Gasteiger charge is 2.25. The lowest BCUT2D eigenvalue weighted by molar-refractivity contribution is 0.0963. The molecule has 2 amide bonds. The van der Waals surface area contributed by atoms with Gasteiger partial charge in [-0.3, -0.25) is 9.59 Å². The van der Waals surface area contributed by atoms with E-state index in [2.05, 4.69) is 15.6 Å². The van der Waals surface area contributed by atoms with E-state index < -0.39 is 0 Å². The molecule has 2 aromatic heterocycles. The van der Waals surface area contributed by atoms with Crippen LogP contribution in [-0.2, 0) is 12.8 Å². The van der Waals surface area contributed by atoms with E-state index in [-0.39, 0.29) is 11.8 Å². The van der Waals surface area contributed by atoms with Crippen LogP contribution in [0, 0.1) is 0 Å². The van der Waals surface area contributed by atoms with Crippen molar-refractivity contribution >= 4 is 49.7 Å². The third-order valence-electron chi connectivity index (χ3n) is 4.70. The summed E-state index contributed by atoms with van der Waals surface area (Å²) in [6.45, 7) is 0. The minimum Gasteiger partial charge on any atom is -0.355 e. The number of hydrogen-bond acceptors (Lipinski definition) is 5. The molecule has 0 unspecified atom stereocenters. The Kier molecular flexibility index (Phi) is 4.74. The third-order valence-corrected chi connectivity index (χ3v) is 6.69. The fourth-order valence-electron chi connectivity index (χ4n) is 3.37. The predicted molar refractivity (Wildman–Crippen MR) is 107 cm³/mol. The van der Waals surface area contributed by atoms with Crippen molar-refractivity contribution in [3.05, 3.63) is 45.3 Å². The van der Waals surface area contributed by atoms with Crippen LogP contribution in [0.5, 0.6) is 0 Å². The number of nitrogens with zero attached hydrogens (tertiary/aromatic N) is 1. The number of rotatable bonds is 3. The lowest BCUT2D eigenvalue weighted by Crippen LogP contribution is -2.21. The predicted octanol–water partition coefficient (Wildman–Crippen LogP) is 4.24. The smallest absolute Gasteiger partial charge is 0.256 e. The molecule has 0 spiro atoms. The minimum atomic E-state index is -0.193. The van der Waals surface area contributed by atoms with E-state index in [0.717, 1.165) is 41.5 Å². The molecule has 0 fully saturated rings. The molecular formula is C19H19N3O2S2. The van der Waals surface area contributed by atoms with Gasteiger partial charge < -0.3 is 10.6 Å². The Hall–Kier alpha value is -2.25. The molecule has 0 atom stereocenters. The van der Waals surface area contributed by atoms with E-state index in [1.54, 1.807) is 30.0 Å². The standard InChI is InChI=1S/C19H19N3O2S2/c1-20-18(24)16-12-5-3-2-4-6-14(12)26-19(16)22-17(23)11-7-8-13-15(9-11)25-10-21-13/h7-10H,2-6H2,1H3,(H,20,24)(H,22,23). The molecule has 0 saturated carbocycles. The number of thiazole rings is 1. The molecular weight excluding hydrogens is 366 g/mol. The fraction of sp³-hybridized carbons (Fsp3) is 0.316. The second-order valence-electron chi connectivity index (χ2n) is 6.34. The second-order valence-corrected chi connectivity index (χ2v) is 8.33. The Bertz CT molecular complexity index is 990. The van der Waals surface area contributed by atoms with Crippen molar-refractivity contribution in [1.82, 2.24) is 10.3 Å². The van der Waals surface area contributed by atoms with Crippen LogP contribution in [0.15, 0.2) is 23.7 Å². The van der Waals surface area contributed by atoms with Crippen molar-refractivity contribution < 1.29 is 9.59 Å². The number of thiophene rings is 1. The monoisotopic (exact) mass is 385 g/mol. The number of amides is 2. The van der Waals surface area contributed by atoms with Gasteiger partial charge in [-0.15, -0.1) is 22.7 Å². The zero-order valence-corrected chi connectivity index (χ0v) is 16.1. The van der Waals surface area contributed by atoms with E-state index in [1.807, 2.05) is 12.1 Å². The van der Waals surface area contributed by atoms with Gasteiger partial charge >= 0.3 is 0 Å². The molecule has 3 aromatic rings. The van der Waals surface area contributed by atoms with Crippen LogP contribution in [0.2, 0.25) is 0 Å². The zero-order chi connectivity index (χ0) is 18.1. The van der Waals surface area contributed by atoms with Gasteiger partial charge in [0.15, 0.2) is 0 Å². The number of benzene rings is 1.